The van der Waals surface area contributed by atoms with E-state index in [2.05, 4.69) is 10.6 Å². The predicted octanol–water partition coefficient (Wildman–Crippen LogP) is 1.83. The molecular weight excluding hydrogens is 418 g/mol. The largest absolute Gasteiger partial charge is 0.325 e. The highest BCUT2D eigenvalue weighted by Crippen LogP contribution is 2.33. The molecule has 1 unspecified atom stereocenters. The number of benzene rings is 2. The molecule has 1 aliphatic carbocycles. The zero-order chi connectivity index (χ0) is 21.8. The van der Waals surface area contributed by atoms with E-state index < -0.39 is 24.0 Å². The number of urea groups is 1. The van der Waals surface area contributed by atoms with E-state index in [9.17, 15) is 24.0 Å². The van der Waals surface area contributed by atoms with Crippen molar-refractivity contribution < 1.29 is 24.0 Å². The second-order valence-corrected chi connectivity index (χ2v) is 8.82. The fourth-order valence-electron chi connectivity index (χ4n) is 4.17. The van der Waals surface area contributed by atoms with Crippen LogP contribution in [0.5, 0.6) is 0 Å². The van der Waals surface area contributed by atoms with Crippen molar-refractivity contribution in [3.05, 3.63) is 64.7 Å². The lowest BCUT2D eigenvalue weighted by Gasteiger charge is -2.19. The van der Waals surface area contributed by atoms with E-state index >= 15 is 0 Å². The summed E-state index contributed by atoms with van der Waals surface area (Å²) in [7, 11) is 0. The minimum absolute atomic E-state index is 0.207. The Hall–Kier alpha value is -3.46. The number of amides is 4. The molecule has 0 bridgehead atoms. The Morgan fingerprint density at radius 2 is 1.68 bits per heavy atom. The second kappa shape index (κ2) is 7.05. The van der Waals surface area contributed by atoms with E-state index in [4.69, 9.17) is 0 Å². The number of nitrogens with one attached hydrogen (secondary N) is 2. The summed E-state index contributed by atoms with van der Waals surface area (Å²) in [6.07, 6.45) is 0.544. The van der Waals surface area contributed by atoms with Gasteiger partial charge in [0.05, 0.1) is 0 Å². The Bertz CT molecular complexity index is 1190. The molecule has 2 heterocycles. The summed E-state index contributed by atoms with van der Waals surface area (Å²) in [6, 6.07) is 10.5. The van der Waals surface area contributed by atoms with Crippen LogP contribution in [0.2, 0.25) is 0 Å². The van der Waals surface area contributed by atoms with E-state index in [-0.39, 0.29) is 28.6 Å². The molecule has 31 heavy (non-hydrogen) atoms. The molecule has 1 spiro atoms. The SMILES string of the molecule is O=C(CN1C(=O)NC2(CCSC2)C1=O)Nc1ccc2c(c1)C(=O)c1ccccc1C2=O. The summed E-state index contributed by atoms with van der Waals surface area (Å²) in [4.78, 5) is 63.9. The first-order valence-electron chi connectivity index (χ1n) is 9.74. The minimum atomic E-state index is -0.909. The van der Waals surface area contributed by atoms with Crippen LogP contribution in [0.3, 0.4) is 0 Å². The van der Waals surface area contributed by atoms with E-state index in [0.717, 1.165) is 10.7 Å². The lowest BCUT2D eigenvalue weighted by atomic mass is 9.84. The molecule has 8 nitrogen and oxygen atoms in total. The number of hydrogen-bond donors (Lipinski definition) is 2. The van der Waals surface area contributed by atoms with Crippen molar-refractivity contribution >= 4 is 46.9 Å². The molecular formula is C22H17N3O5S. The van der Waals surface area contributed by atoms with Gasteiger partial charge in [-0.3, -0.25) is 24.1 Å². The van der Waals surface area contributed by atoms with Gasteiger partial charge in [-0.05, 0) is 30.4 Å². The number of anilines is 1. The maximum absolute atomic E-state index is 12.8. The van der Waals surface area contributed by atoms with Crippen LogP contribution >= 0.6 is 11.8 Å². The standard InChI is InChI=1S/C22H17N3O5S/c26-17(10-25-20(29)22(24-21(25)30)7-8-31-11-22)23-12-5-6-15-16(9-12)19(28)14-4-2-1-3-13(14)18(15)27/h1-6,9H,7-8,10-11H2,(H,23,26)(H,24,30). The van der Waals surface area contributed by atoms with Crippen LogP contribution < -0.4 is 10.6 Å². The molecule has 0 aromatic heterocycles. The molecule has 5 rings (SSSR count). The topological polar surface area (TPSA) is 113 Å². The first-order chi connectivity index (χ1) is 14.9. The Balaban J connectivity index is 1.34. The number of hydrogen-bond acceptors (Lipinski definition) is 6. The van der Waals surface area contributed by atoms with Gasteiger partial charge in [0, 0.05) is 33.7 Å². The summed E-state index contributed by atoms with van der Waals surface area (Å²) in [5.41, 5.74) is 0.558. The molecule has 2 aliphatic heterocycles. The third-order valence-corrected chi connectivity index (χ3v) is 6.97. The highest BCUT2D eigenvalue weighted by molar-refractivity contribution is 7.99. The maximum atomic E-state index is 12.8. The molecule has 2 N–H and O–H groups in total. The van der Waals surface area contributed by atoms with Crippen molar-refractivity contribution in [1.82, 2.24) is 10.2 Å². The van der Waals surface area contributed by atoms with Crippen molar-refractivity contribution in [2.75, 3.05) is 23.4 Å². The third-order valence-electron chi connectivity index (χ3n) is 5.78. The van der Waals surface area contributed by atoms with Crippen molar-refractivity contribution in [2.24, 2.45) is 0 Å². The molecule has 0 radical (unpaired) electrons. The lowest BCUT2D eigenvalue weighted by molar-refractivity contribution is -0.133. The number of thioether (sulfide) groups is 1. The van der Waals surface area contributed by atoms with Crippen molar-refractivity contribution in [2.45, 2.75) is 12.0 Å². The summed E-state index contributed by atoms with van der Waals surface area (Å²) >= 11 is 1.59. The van der Waals surface area contributed by atoms with Gasteiger partial charge in [0.15, 0.2) is 11.6 Å². The predicted molar refractivity (Wildman–Crippen MR) is 113 cm³/mol. The molecule has 2 aromatic carbocycles. The first kappa shape index (κ1) is 19.5. The van der Waals surface area contributed by atoms with Crippen molar-refractivity contribution in [1.29, 1.82) is 0 Å². The molecule has 3 aliphatic rings. The van der Waals surface area contributed by atoms with Gasteiger partial charge in [-0.25, -0.2) is 4.79 Å². The van der Waals surface area contributed by atoms with Crippen LogP contribution in [-0.4, -0.2) is 57.9 Å². The Morgan fingerprint density at radius 3 is 2.35 bits per heavy atom. The van der Waals surface area contributed by atoms with Crippen LogP contribution in [-0.2, 0) is 9.59 Å². The number of imide groups is 1. The van der Waals surface area contributed by atoms with Crippen LogP contribution in [0.15, 0.2) is 42.5 Å². The second-order valence-electron chi connectivity index (χ2n) is 7.72. The summed E-state index contributed by atoms with van der Waals surface area (Å²) in [6.45, 7) is -0.427. The molecule has 1 atom stereocenters. The average molecular weight is 435 g/mol. The highest BCUT2D eigenvalue weighted by Gasteiger charge is 2.53. The smallest absolute Gasteiger partial charge is 0.325 e. The fourth-order valence-corrected chi connectivity index (χ4v) is 5.50. The van der Waals surface area contributed by atoms with Gasteiger partial charge in [-0.15, -0.1) is 0 Å². The van der Waals surface area contributed by atoms with Crippen LogP contribution in [0.4, 0.5) is 10.5 Å². The van der Waals surface area contributed by atoms with Crippen molar-refractivity contribution in [3.63, 3.8) is 0 Å². The fraction of sp³-hybridized carbons (Fsp3) is 0.227. The molecule has 2 fully saturated rings. The van der Waals surface area contributed by atoms with Gasteiger partial charge in [0.25, 0.3) is 5.91 Å². The maximum Gasteiger partial charge on any atom is 0.325 e. The third kappa shape index (κ3) is 3.04. The summed E-state index contributed by atoms with van der Waals surface area (Å²) < 4.78 is 0. The number of rotatable bonds is 3. The number of fused-ring (bicyclic) bond motifs is 2. The zero-order valence-electron chi connectivity index (χ0n) is 16.3. The number of carbonyl (C=O) groups excluding carboxylic acids is 5. The van der Waals surface area contributed by atoms with E-state index in [0.29, 0.717) is 29.0 Å². The van der Waals surface area contributed by atoms with Gasteiger partial charge < -0.3 is 10.6 Å². The van der Waals surface area contributed by atoms with E-state index in [1.54, 1.807) is 36.0 Å². The zero-order valence-corrected chi connectivity index (χ0v) is 17.1. The van der Waals surface area contributed by atoms with Crippen molar-refractivity contribution in [3.8, 4) is 0 Å². The molecule has 156 valence electrons. The molecule has 9 heteroatoms. The monoisotopic (exact) mass is 435 g/mol. The quantitative estimate of drug-likeness (QED) is 0.607. The van der Waals surface area contributed by atoms with Gasteiger partial charge >= 0.3 is 6.03 Å². The van der Waals surface area contributed by atoms with Gasteiger partial charge in [0.2, 0.25) is 5.91 Å². The number of carbonyl (C=O) groups is 5. The Kier molecular flexibility index (Phi) is 4.44. The lowest BCUT2D eigenvalue weighted by Crippen LogP contribution is -2.47. The number of nitrogens with zero attached hydrogens (tertiary/aromatic N) is 1. The number of ketones is 2. The van der Waals surface area contributed by atoms with Gasteiger partial charge in [-0.1, -0.05) is 24.3 Å². The Morgan fingerprint density at radius 1 is 1.00 bits per heavy atom. The summed E-state index contributed by atoms with van der Waals surface area (Å²) in [5.74, 6) is -0.227. The van der Waals surface area contributed by atoms with E-state index in [1.165, 1.54) is 18.2 Å². The van der Waals surface area contributed by atoms with E-state index in [1.807, 2.05) is 0 Å². The average Bonchev–Trinajstić information content (AvgIpc) is 3.32. The van der Waals surface area contributed by atoms with Gasteiger partial charge in [-0.2, -0.15) is 11.8 Å². The van der Waals surface area contributed by atoms with Crippen LogP contribution in [0.1, 0.15) is 38.3 Å². The normalized spacial score (nSPS) is 21.9. The van der Waals surface area contributed by atoms with Crippen LogP contribution in [0, 0.1) is 0 Å². The first-order valence-corrected chi connectivity index (χ1v) is 10.9. The molecule has 0 saturated carbocycles. The molecule has 2 aromatic rings. The Labute approximate surface area is 181 Å². The highest BCUT2D eigenvalue weighted by atomic mass is 32.2. The van der Waals surface area contributed by atoms with Gasteiger partial charge in [0.1, 0.15) is 12.1 Å². The molecule has 4 amide bonds. The minimum Gasteiger partial charge on any atom is -0.325 e. The molecule has 2 saturated heterocycles. The van der Waals surface area contributed by atoms with Crippen LogP contribution in [0.25, 0.3) is 0 Å². The summed E-state index contributed by atoms with van der Waals surface area (Å²) in [5, 5.41) is 5.33.